The first-order valence-corrected chi connectivity index (χ1v) is 6.83. The van der Waals surface area contributed by atoms with Crippen molar-refractivity contribution >= 4 is 5.97 Å². The Morgan fingerprint density at radius 3 is 2.55 bits per heavy atom. The average molecular weight is 310 g/mol. The Kier molecular flexibility index (Phi) is 3.42. The van der Waals surface area contributed by atoms with Gasteiger partial charge in [-0.25, -0.2) is 22.6 Å². The summed E-state index contributed by atoms with van der Waals surface area (Å²) in [6, 6.07) is 6.61. The van der Waals surface area contributed by atoms with E-state index >= 15 is 0 Å². The van der Waals surface area contributed by atoms with Crippen LogP contribution in [-0.4, -0.2) is 26.8 Å². The molecule has 1 N–H and O–H groups in total. The molecule has 0 radical (unpaired) electrons. The summed E-state index contributed by atoms with van der Waals surface area (Å²) in [7, 11) is 0. The van der Waals surface area contributed by atoms with Gasteiger partial charge in [-0.1, -0.05) is 0 Å². The normalized spacial score (nSPS) is 20.2. The zero-order valence-electron chi connectivity index (χ0n) is 11.5. The number of carboxylic acids is 1. The molecule has 1 aliphatic rings. The summed E-state index contributed by atoms with van der Waals surface area (Å²) < 4.78 is 41.2. The van der Waals surface area contributed by atoms with E-state index in [4.69, 9.17) is 5.11 Å². The lowest BCUT2D eigenvalue weighted by Gasteiger charge is -2.13. The Labute approximate surface area is 124 Å². The molecule has 0 amide bonds. The summed E-state index contributed by atoms with van der Waals surface area (Å²) >= 11 is 0. The van der Waals surface area contributed by atoms with Crippen molar-refractivity contribution in [1.82, 2.24) is 9.78 Å². The molecule has 1 unspecified atom stereocenters. The second-order valence-corrected chi connectivity index (χ2v) is 5.44. The minimum absolute atomic E-state index is 0.213. The van der Waals surface area contributed by atoms with Crippen molar-refractivity contribution in [3.63, 3.8) is 0 Å². The fourth-order valence-corrected chi connectivity index (χ4v) is 2.78. The zero-order valence-corrected chi connectivity index (χ0v) is 11.5. The lowest BCUT2D eigenvalue weighted by molar-refractivity contribution is 0.00759. The molecule has 3 rings (SSSR count). The maximum atomic E-state index is 13.4. The predicted molar refractivity (Wildman–Crippen MR) is 72.0 cm³/mol. The molecule has 0 bridgehead atoms. The standard InChI is InChI=1S/C15H13F3N2O2/c16-10-1-3-11(4-2-10)20-13(7-12(19-20)14(21)22)9-5-6-15(17,18)8-9/h1-4,7,9H,5-6,8H2,(H,21,22). The Bertz CT molecular complexity index is 710. The van der Waals surface area contributed by atoms with Gasteiger partial charge >= 0.3 is 5.97 Å². The van der Waals surface area contributed by atoms with Crippen LogP contribution >= 0.6 is 0 Å². The van der Waals surface area contributed by atoms with E-state index in [-0.39, 0.29) is 25.0 Å². The quantitative estimate of drug-likeness (QED) is 0.942. The molecular weight excluding hydrogens is 297 g/mol. The van der Waals surface area contributed by atoms with Gasteiger partial charge in [0.25, 0.3) is 0 Å². The van der Waals surface area contributed by atoms with Gasteiger partial charge in [0.1, 0.15) is 5.82 Å². The van der Waals surface area contributed by atoms with E-state index in [0.717, 1.165) is 0 Å². The molecule has 1 aromatic carbocycles. The van der Waals surface area contributed by atoms with Crippen LogP contribution in [0.5, 0.6) is 0 Å². The molecule has 7 heteroatoms. The Balaban J connectivity index is 2.05. The van der Waals surface area contributed by atoms with Crippen LogP contribution in [0.1, 0.15) is 41.4 Å². The fraction of sp³-hybridized carbons (Fsp3) is 0.333. The summed E-state index contributed by atoms with van der Waals surface area (Å²) in [6.07, 6.45) is -0.299. The lowest BCUT2D eigenvalue weighted by Crippen LogP contribution is -2.11. The van der Waals surface area contributed by atoms with Crippen LogP contribution in [0.25, 0.3) is 5.69 Å². The summed E-state index contributed by atoms with van der Waals surface area (Å²) in [6.45, 7) is 0. The minimum Gasteiger partial charge on any atom is -0.476 e. The number of aromatic carboxylic acids is 1. The molecule has 2 aromatic rings. The largest absolute Gasteiger partial charge is 0.476 e. The van der Waals surface area contributed by atoms with E-state index in [9.17, 15) is 18.0 Å². The van der Waals surface area contributed by atoms with Crippen LogP contribution in [-0.2, 0) is 0 Å². The van der Waals surface area contributed by atoms with Gasteiger partial charge in [-0.2, -0.15) is 5.10 Å². The fourth-order valence-electron chi connectivity index (χ4n) is 2.78. The van der Waals surface area contributed by atoms with Gasteiger partial charge in [0.05, 0.1) is 5.69 Å². The summed E-state index contributed by atoms with van der Waals surface area (Å²) in [5.74, 6) is -4.89. The summed E-state index contributed by atoms with van der Waals surface area (Å²) in [4.78, 5) is 11.1. The van der Waals surface area contributed by atoms with E-state index in [1.54, 1.807) is 0 Å². The number of carbonyl (C=O) groups is 1. The Hall–Kier alpha value is -2.31. The van der Waals surface area contributed by atoms with E-state index in [1.165, 1.54) is 35.0 Å². The first kappa shape index (κ1) is 14.6. The second-order valence-electron chi connectivity index (χ2n) is 5.44. The molecule has 1 aliphatic carbocycles. The Morgan fingerprint density at radius 1 is 1.32 bits per heavy atom. The number of rotatable bonds is 3. The van der Waals surface area contributed by atoms with Crippen LogP contribution in [0.3, 0.4) is 0 Å². The molecule has 1 aromatic heterocycles. The second kappa shape index (κ2) is 5.15. The third-order valence-electron chi connectivity index (χ3n) is 3.85. The third kappa shape index (κ3) is 2.70. The van der Waals surface area contributed by atoms with Crippen LogP contribution in [0.2, 0.25) is 0 Å². The molecule has 1 saturated carbocycles. The number of nitrogens with zero attached hydrogens (tertiary/aromatic N) is 2. The number of halogens is 3. The number of benzene rings is 1. The summed E-state index contributed by atoms with van der Waals surface area (Å²) in [5.41, 5.74) is 0.648. The minimum atomic E-state index is -2.74. The van der Waals surface area contributed by atoms with Gasteiger partial charge in [-0.3, -0.25) is 0 Å². The van der Waals surface area contributed by atoms with Crippen molar-refractivity contribution in [3.05, 3.63) is 47.5 Å². The van der Waals surface area contributed by atoms with Crippen LogP contribution in [0.4, 0.5) is 13.2 Å². The number of hydrogen-bond acceptors (Lipinski definition) is 2. The van der Waals surface area contributed by atoms with Gasteiger partial charge in [-0.05, 0) is 36.8 Å². The molecular formula is C15H13F3N2O2. The number of aromatic nitrogens is 2. The van der Waals surface area contributed by atoms with Gasteiger partial charge in [0, 0.05) is 24.5 Å². The van der Waals surface area contributed by atoms with Crippen LogP contribution in [0, 0.1) is 5.82 Å². The van der Waals surface area contributed by atoms with Crippen LogP contribution < -0.4 is 0 Å². The predicted octanol–water partition coefficient (Wildman–Crippen LogP) is 3.61. The number of alkyl halides is 2. The molecule has 1 heterocycles. The monoisotopic (exact) mass is 310 g/mol. The highest BCUT2D eigenvalue weighted by Gasteiger charge is 2.41. The maximum Gasteiger partial charge on any atom is 0.356 e. The highest BCUT2D eigenvalue weighted by atomic mass is 19.3. The van der Waals surface area contributed by atoms with Crippen molar-refractivity contribution in [3.8, 4) is 5.69 Å². The molecule has 22 heavy (non-hydrogen) atoms. The SMILES string of the molecule is O=C(O)c1cc(C2CCC(F)(F)C2)n(-c2ccc(F)cc2)n1. The topological polar surface area (TPSA) is 55.1 Å². The molecule has 1 atom stereocenters. The van der Waals surface area contributed by atoms with E-state index < -0.39 is 23.6 Å². The molecule has 0 saturated heterocycles. The smallest absolute Gasteiger partial charge is 0.356 e. The molecule has 116 valence electrons. The number of carboxylic acid groups (broad SMARTS) is 1. The highest BCUT2D eigenvalue weighted by Crippen LogP contribution is 2.44. The maximum absolute atomic E-state index is 13.4. The molecule has 0 spiro atoms. The van der Waals surface area contributed by atoms with Crippen molar-refractivity contribution in [2.24, 2.45) is 0 Å². The van der Waals surface area contributed by atoms with Gasteiger partial charge < -0.3 is 5.11 Å². The van der Waals surface area contributed by atoms with Crippen molar-refractivity contribution in [1.29, 1.82) is 0 Å². The van der Waals surface area contributed by atoms with Gasteiger partial charge in [0.15, 0.2) is 5.69 Å². The zero-order chi connectivity index (χ0) is 15.9. The molecule has 1 fully saturated rings. The van der Waals surface area contributed by atoms with E-state index in [2.05, 4.69) is 5.10 Å². The van der Waals surface area contributed by atoms with E-state index in [0.29, 0.717) is 11.4 Å². The summed E-state index contributed by atoms with van der Waals surface area (Å²) in [5, 5.41) is 13.0. The first-order valence-electron chi connectivity index (χ1n) is 6.83. The first-order chi connectivity index (χ1) is 10.4. The third-order valence-corrected chi connectivity index (χ3v) is 3.85. The number of hydrogen-bond donors (Lipinski definition) is 1. The Morgan fingerprint density at radius 2 is 2.00 bits per heavy atom. The lowest BCUT2D eigenvalue weighted by atomic mass is 10.0. The molecule has 4 nitrogen and oxygen atoms in total. The highest BCUT2D eigenvalue weighted by molar-refractivity contribution is 5.85. The van der Waals surface area contributed by atoms with Crippen molar-refractivity contribution < 1.29 is 23.1 Å². The van der Waals surface area contributed by atoms with Gasteiger partial charge in [-0.15, -0.1) is 0 Å². The van der Waals surface area contributed by atoms with Gasteiger partial charge in [0.2, 0.25) is 5.92 Å². The average Bonchev–Trinajstić information content (AvgIpc) is 3.03. The van der Waals surface area contributed by atoms with Crippen molar-refractivity contribution in [2.45, 2.75) is 31.1 Å². The molecule has 0 aliphatic heterocycles. The van der Waals surface area contributed by atoms with E-state index in [1.807, 2.05) is 0 Å². The van der Waals surface area contributed by atoms with Crippen LogP contribution in [0.15, 0.2) is 30.3 Å². The van der Waals surface area contributed by atoms with Crippen molar-refractivity contribution in [2.75, 3.05) is 0 Å².